The number of benzene rings is 1. The van der Waals surface area contributed by atoms with Gasteiger partial charge in [-0.2, -0.15) is 0 Å². The van der Waals surface area contributed by atoms with Crippen molar-refractivity contribution in [2.45, 2.75) is 32.3 Å². The normalized spacial score (nSPS) is 17.9. The molecule has 4 heteroatoms. The van der Waals surface area contributed by atoms with Crippen LogP contribution in [-0.2, 0) is 6.42 Å². The van der Waals surface area contributed by atoms with Gasteiger partial charge in [0, 0.05) is 18.5 Å². The smallest absolute Gasteiger partial charge is 0.185 e. The summed E-state index contributed by atoms with van der Waals surface area (Å²) >= 11 is 1.72. The first-order valence-electron chi connectivity index (χ1n) is 7.61. The van der Waals surface area contributed by atoms with Crippen molar-refractivity contribution in [3.63, 3.8) is 0 Å². The van der Waals surface area contributed by atoms with E-state index in [0.717, 1.165) is 43.2 Å². The van der Waals surface area contributed by atoms with Gasteiger partial charge in [0.2, 0.25) is 0 Å². The molecule has 21 heavy (non-hydrogen) atoms. The average Bonchev–Trinajstić information content (AvgIpc) is 2.95. The van der Waals surface area contributed by atoms with Crippen LogP contribution in [0.4, 0.5) is 5.13 Å². The lowest BCUT2D eigenvalue weighted by molar-refractivity contribution is 0.0930. The number of nitrogens with zero attached hydrogens (tertiary/aromatic N) is 2. The SMILES string of the molecule is Cc1csc(N2CCC([C@H](O)Cc3ccccc3)CC2)n1. The Kier molecular flexibility index (Phi) is 4.56. The second-order valence-electron chi connectivity index (χ2n) is 5.85. The Balaban J connectivity index is 1.53. The molecule has 1 aromatic carbocycles. The van der Waals surface area contributed by atoms with Crippen molar-refractivity contribution in [1.82, 2.24) is 4.98 Å². The molecule has 0 bridgehead atoms. The predicted octanol–water partition coefficient (Wildman–Crippen LogP) is 3.27. The van der Waals surface area contributed by atoms with E-state index in [0.29, 0.717) is 5.92 Å². The van der Waals surface area contributed by atoms with Gasteiger partial charge in [-0.3, -0.25) is 0 Å². The van der Waals surface area contributed by atoms with Crippen LogP contribution in [0.3, 0.4) is 0 Å². The van der Waals surface area contributed by atoms with Crippen LogP contribution >= 0.6 is 11.3 Å². The van der Waals surface area contributed by atoms with Crippen LogP contribution < -0.4 is 4.90 Å². The molecule has 0 aliphatic carbocycles. The maximum absolute atomic E-state index is 10.5. The van der Waals surface area contributed by atoms with Crippen molar-refractivity contribution in [1.29, 1.82) is 0 Å². The Hall–Kier alpha value is -1.39. The molecular formula is C17H22N2OS. The maximum atomic E-state index is 10.5. The van der Waals surface area contributed by atoms with Gasteiger partial charge in [0.25, 0.3) is 0 Å². The average molecular weight is 302 g/mol. The van der Waals surface area contributed by atoms with Crippen LogP contribution in [0.25, 0.3) is 0 Å². The lowest BCUT2D eigenvalue weighted by Gasteiger charge is -2.34. The highest BCUT2D eigenvalue weighted by Gasteiger charge is 2.26. The highest BCUT2D eigenvalue weighted by Crippen LogP contribution is 2.28. The summed E-state index contributed by atoms with van der Waals surface area (Å²) in [6, 6.07) is 10.3. The van der Waals surface area contributed by atoms with Gasteiger partial charge >= 0.3 is 0 Å². The lowest BCUT2D eigenvalue weighted by Crippen LogP contribution is -2.38. The molecule has 0 radical (unpaired) electrons. The first kappa shape index (κ1) is 14.5. The lowest BCUT2D eigenvalue weighted by atomic mass is 9.88. The highest BCUT2D eigenvalue weighted by atomic mass is 32.1. The topological polar surface area (TPSA) is 36.4 Å². The number of piperidine rings is 1. The largest absolute Gasteiger partial charge is 0.392 e. The molecule has 2 aromatic rings. The monoisotopic (exact) mass is 302 g/mol. The Morgan fingerprint density at radius 3 is 2.62 bits per heavy atom. The molecule has 1 atom stereocenters. The number of hydrogen-bond acceptors (Lipinski definition) is 4. The Bertz CT molecular complexity index is 561. The van der Waals surface area contributed by atoms with Crippen LogP contribution in [0.2, 0.25) is 0 Å². The molecule has 0 amide bonds. The molecule has 2 heterocycles. The van der Waals surface area contributed by atoms with E-state index in [1.807, 2.05) is 25.1 Å². The Morgan fingerprint density at radius 1 is 1.29 bits per heavy atom. The summed E-state index contributed by atoms with van der Waals surface area (Å²) in [5.41, 5.74) is 2.32. The standard InChI is InChI=1S/C17H22N2OS/c1-13-12-21-17(18-13)19-9-7-15(8-10-19)16(20)11-14-5-3-2-4-6-14/h2-6,12,15-16,20H,7-11H2,1H3/t16-/m1/s1. The molecule has 1 fully saturated rings. The summed E-state index contributed by atoms with van der Waals surface area (Å²) in [5.74, 6) is 0.405. The predicted molar refractivity (Wildman–Crippen MR) is 87.9 cm³/mol. The third kappa shape index (κ3) is 3.63. The summed E-state index contributed by atoms with van der Waals surface area (Å²) in [6.45, 7) is 4.04. The third-order valence-electron chi connectivity index (χ3n) is 4.25. The Labute approximate surface area is 130 Å². The fourth-order valence-electron chi connectivity index (χ4n) is 2.98. The maximum Gasteiger partial charge on any atom is 0.185 e. The Morgan fingerprint density at radius 2 is 2.00 bits per heavy atom. The zero-order chi connectivity index (χ0) is 14.7. The van der Waals surface area contributed by atoms with E-state index in [-0.39, 0.29) is 6.10 Å². The molecule has 0 saturated carbocycles. The van der Waals surface area contributed by atoms with Crippen LogP contribution in [0, 0.1) is 12.8 Å². The summed E-state index contributed by atoms with van der Waals surface area (Å²) in [7, 11) is 0. The van der Waals surface area contributed by atoms with Crippen LogP contribution in [0.5, 0.6) is 0 Å². The van der Waals surface area contributed by atoms with Gasteiger partial charge in [0.05, 0.1) is 11.8 Å². The first-order chi connectivity index (χ1) is 10.2. The minimum Gasteiger partial charge on any atom is -0.392 e. The number of aromatic nitrogens is 1. The van der Waals surface area contributed by atoms with Gasteiger partial charge < -0.3 is 10.0 Å². The number of aliphatic hydroxyl groups is 1. The number of aliphatic hydroxyl groups excluding tert-OH is 1. The van der Waals surface area contributed by atoms with Gasteiger partial charge in [-0.15, -0.1) is 11.3 Å². The molecule has 0 spiro atoms. The van der Waals surface area contributed by atoms with Crippen LogP contribution in [0.1, 0.15) is 24.1 Å². The zero-order valence-electron chi connectivity index (χ0n) is 12.4. The number of anilines is 1. The van der Waals surface area contributed by atoms with E-state index in [2.05, 4.69) is 27.4 Å². The van der Waals surface area contributed by atoms with Crippen molar-refractivity contribution in [2.75, 3.05) is 18.0 Å². The van der Waals surface area contributed by atoms with Crippen molar-refractivity contribution in [2.24, 2.45) is 5.92 Å². The zero-order valence-corrected chi connectivity index (χ0v) is 13.2. The van der Waals surface area contributed by atoms with E-state index >= 15 is 0 Å². The summed E-state index contributed by atoms with van der Waals surface area (Å²) < 4.78 is 0. The number of hydrogen-bond donors (Lipinski definition) is 1. The fraction of sp³-hybridized carbons (Fsp3) is 0.471. The van der Waals surface area contributed by atoms with E-state index in [1.165, 1.54) is 5.56 Å². The quantitative estimate of drug-likeness (QED) is 0.941. The van der Waals surface area contributed by atoms with E-state index in [4.69, 9.17) is 0 Å². The van der Waals surface area contributed by atoms with Crippen molar-refractivity contribution >= 4 is 16.5 Å². The van der Waals surface area contributed by atoms with Gasteiger partial charge in [-0.1, -0.05) is 30.3 Å². The summed E-state index contributed by atoms with van der Waals surface area (Å²) in [4.78, 5) is 6.90. The van der Waals surface area contributed by atoms with E-state index in [9.17, 15) is 5.11 Å². The van der Waals surface area contributed by atoms with Gasteiger partial charge in [0.15, 0.2) is 5.13 Å². The van der Waals surface area contributed by atoms with E-state index in [1.54, 1.807) is 11.3 Å². The molecule has 1 aromatic heterocycles. The van der Waals surface area contributed by atoms with Crippen LogP contribution in [-0.4, -0.2) is 29.3 Å². The third-order valence-corrected chi connectivity index (χ3v) is 5.27. The van der Waals surface area contributed by atoms with Gasteiger partial charge in [-0.05, 0) is 37.7 Å². The second kappa shape index (κ2) is 6.58. The molecular weight excluding hydrogens is 280 g/mol. The minimum absolute atomic E-state index is 0.229. The van der Waals surface area contributed by atoms with Gasteiger partial charge in [0.1, 0.15) is 0 Å². The van der Waals surface area contributed by atoms with Crippen molar-refractivity contribution in [3.8, 4) is 0 Å². The highest BCUT2D eigenvalue weighted by molar-refractivity contribution is 7.13. The van der Waals surface area contributed by atoms with Crippen molar-refractivity contribution in [3.05, 3.63) is 47.0 Å². The van der Waals surface area contributed by atoms with Gasteiger partial charge in [-0.25, -0.2) is 4.98 Å². The molecule has 1 aliphatic heterocycles. The summed E-state index contributed by atoms with van der Waals surface area (Å²) in [6.07, 6.45) is 2.63. The summed E-state index contributed by atoms with van der Waals surface area (Å²) in [5, 5.41) is 13.7. The molecule has 0 unspecified atom stereocenters. The molecule has 112 valence electrons. The van der Waals surface area contributed by atoms with Crippen molar-refractivity contribution < 1.29 is 5.11 Å². The molecule has 1 aliphatic rings. The second-order valence-corrected chi connectivity index (χ2v) is 6.69. The van der Waals surface area contributed by atoms with E-state index < -0.39 is 0 Å². The molecule has 1 N–H and O–H groups in total. The molecule has 3 nitrogen and oxygen atoms in total. The molecule has 1 saturated heterocycles. The number of rotatable bonds is 4. The van der Waals surface area contributed by atoms with Crippen LogP contribution in [0.15, 0.2) is 35.7 Å². The fourth-order valence-corrected chi connectivity index (χ4v) is 3.84. The minimum atomic E-state index is -0.229. The first-order valence-corrected chi connectivity index (χ1v) is 8.49. The molecule has 3 rings (SSSR count). The number of thiazole rings is 1. The number of aryl methyl sites for hydroxylation is 1.